The summed E-state index contributed by atoms with van der Waals surface area (Å²) < 4.78 is 201. The Kier molecular flexibility index (Phi) is 11.7. The molecule has 0 unspecified atom stereocenters. The molecule has 226 valence electrons. The van der Waals surface area contributed by atoms with Crippen LogP contribution in [0.25, 0.3) is 0 Å². The topological polar surface area (TPSA) is 55.4 Å². The van der Waals surface area contributed by atoms with Crippen LogP contribution in [0.2, 0.25) is 0 Å². The first-order chi connectivity index (χ1) is 16.9. The predicted molar refractivity (Wildman–Crippen MR) is 97.7 cm³/mol. The average Bonchev–Trinajstić information content (AvgIpc) is 2.77. The van der Waals surface area contributed by atoms with Crippen molar-refractivity contribution in [1.82, 2.24) is 5.32 Å². The number of carbonyl (C=O) groups excluding carboxylic acids is 2. The summed E-state index contributed by atoms with van der Waals surface area (Å²) in [5.74, 6) is -53.8. The summed E-state index contributed by atoms with van der Waals surface area (Å²) in [4.78, 5) is 22.6. The van der Waals surface area contributed by atoms with E-state index in [-0.39, 0.29) is 13.0 Å². The van der Waals surface area contributed by atoms with Crippen molar-refractivity contribution in [2.24, 2.45) is 0 Å². The summed E-state index contributed by atoms with van der Waals surface area (Å²) in [6.07, 6.45) is -2.56. The van der Waals surface area contributed by atoms with Crippen LogP contribution in [0.15, 0.2) is 0 Å². The molecule has 0 fully saturated rings. The van der Waals surface area contributed by atoms with Gasteiger partial charge in [0.1, 0.15) is 6.54 Å². The molecular weight excluding hydrogens is 575 g/mol. The first-order valence-corrected chi connectivity index (χ1v) is 10.6. The minimum Gasteiger partial charge on any atom is -0.464 e. The zero-order valence-corrected chi connectivity index (χ0v) is 19.3. The fourth-order valence-corrected chi connectivity index (χ4v) is 2.67. The van der Waals surface area contributed by atoms with Gasteiger partial charge in [-0.25, -0.2) is 0 Å². The van der Waals surface area contributed by atoms with Gasteiger partial charge in [-0.3, -0.25) is 9.59 Å². The zero-order valence-electron chi connectivity index (χ0n) is 19.3. The van der Waals surface area contributed by atoms with Crippen LogP contribution in [0.3, 0.4) is 0 Å². The molecule has 1 amide bonds. The van der Waals surface area contributed by atoms with E-state index in [0.717, 1.165) is 25.7 Å². The fourth-order valence-electron chi connectivity index (χ4n) is 2.67. The van der Waals surface area contributed by atoms with Crippen LogP contribution in [-0.2, 0) is 14.3 Å². The van der Waals surface area contributed by atoms with Crippen LogP contribution in [0, 0.1) is 0 Å². The molecule has 0 saturated carbocycles. The predicted octanol–water partition coefficient (Wildman–Crippen LogP) is 6.77. The third-order valence-corrected chi connectivity index (χ3v) is 5.02. The number of esters is 1. The number of rotatable bonds is 16. The van der Waals surface area contributed by atoms with Crippen LogP contribution in [0.4, 0.5) is 65.9 Å². The number of alkyl halides is 15. The number of halogens is 15. The molecule has 0 saturated heterocycles. The Labute approximate surface area is 205 Å². The highest BCUT2D eigenvalue weighted by molar-refractivity contribution is 5.88. The van der Waals surface area contributed by atoms with Gasteiger partial charge in [0.05, 0.1) is 6.61 Å². The van der Waals surface area contributed by atoms with E-state index in [2.05, 4.69) is 4.74 Å². The fraction of sp³-hybridized carbons (Fsp3) is 0.895. The van der Waals surface area contributed by atoms with Gasteiger partial charge in [0.15, 0.2) is 0 Å². The number of carbonyl (C=O) groups is 2. The molecule has 4 nitrogen and oxygen atoms in total. The molecule has 0 aromatic rings. The van der Waals surface area contributed by atoms with E-state index in [1.54, 1.807) is 0 Å². The molecule has 0 rings (SSSR count). The summed E-state index contributed by atoms with van der Waals surface area (Å²) >= 11 is 0. The second kappa shape index (κ2) is 12.4. The van der Waals surface area contributed by atoms with Crippen molar-refractivity contribution in [1.29, 1.82) is 0 Å². The van der Waals surface area contributed by atoms with E-state index in [1.165, 1.54) is 0 Å². The van der Waals surface area contributed by atoms with Gasteiger partial charge in [-0.1, -0.05) is 45.4 Å². The van der Waals surface area contributed by atoms with Gasteiger partial charge < -0.3 is 10.1 Å². The molecule has 0 atom stereocenters. The Morgan fingerprint density at radius 3 is 1.42 bits per heavy atom. The van der Waals surface area contributed by atoms with E-state index < -0.39 is 60.1 Å². The smallest absolute Gasteiger partial charge is 0.460 e. The van der Waals surface area contributed by atoms with Gasteiger partial charge in [-0.2, -0.15) is 65.9 Å². The quantitative estimate of drug-likeness (QED) is 0.121. The van der Waals surface area contributed by atoms with Crippen molar-refractivity contribution >= 4 is 11.9 Å². The van der Waals surface area contributed by atoms with Crippen LogP contribution in [0.5, 0.6) is 0 Å². The largest absolute Gasteiger partial charge is 0.464 e. The van der Waals surface area contributed by atoms with Crippen LogP contribution in [0.1, 0.15) is 51.9 Å². The summed E-state index contributed by atoms with van der Waals surface area (Å²) in [5, 5.41) is 0.583. The molecule has 38 heavy (non-hydrogen) atoms. The van der Waals surface area contributed by atoms with E-state index in [4.69, 9.17) is 0 Å². The number of hydrogen-bond donors (Lipinski definition) is 1. The van der Waals surface area contributed by atoms with Gasteiger partial charge in [0.25, 0.3) is 5.91 Å². The molecule has 1 N–H and O–H groups in total. The highest BCUT2D eigenvalue weighted by Crippen LogP contribution is 2.62. The third-order valence-electron chi connectivity index (χ3n) is 5.02. The first-order valence-electron chi connectivity index (χ1n) is 10.6. The maximum Gasteiger partial charge on any atom is 0.460 e. The number of ether oxygens (including phenoxy) is 1. The third kappa shape index (κ3) is 6.90. The van der Waals surface area contributed by atoms with Crippen molar-refractivity contribution in [3.63, 3.8) is 0 Å². The van der Waals surface area contributed by atoms with Crippen LogP contribution >= 0.6 is 0 Å². The molecule has 0 spiro atoms. The second-order valence-electron chi connectivity index (χ2n) is 7.97. The Morgan fingerprint density at radius 1 is 0.579 bits per heavy atom. The van der Waals surface area contributed by atoms with E-state index in [1.807, 2.05) is 6.92 Å². The lowest BCUT2D eigenvalue weighted by molar-refractivity contribution is -0.449. The van der Waals surface area contributed by atoms with Gasteiger partial charge in [-0.05, 0) is 6.42 Å². The normalized spacial score (nSPS) is 14.4. The van der Waals surface area contributed by atoms with Gasteiger partial charge in [0.2, 0.25) is 0 Å². The monoisotopic (exact) mass is 597 g/mol. The minimum absolute atomic E-state index is 0.220. The number of unbranched alkanes of at least 4 members (excludes halogenated alkanes) is 6. The van der Waals surface area contributed by atoms with Crippen molar-refractivity contribution in [3.05, 3.63) is 0 Å². The maximum absolute atomic E-state index is 13.7. The van der Waals surface area contributed by atoms with Crippen molar-refractivity contribution in [3.8, 4) is 0 Å². The first kappa shape index (κ1) is 35.9. The molecule has 19 heteroatoms. The second-order valence-corrected chi connectivity index (χ2v) is 7.97. The SMILES string of the molecule is CCCCCCCCCOC(=O)CNC(=O)C(F)(F)C(F)(F)C(F)(F)C(F)(F)C(F)(F)C(F)(F)C(F)(F)F. The van der Waals surface area contributed by atoms with Gasteiger partial charge >= 0.3 is 47.7 Å². The lowest BCUT2D eigenvalue weighted by atomic mass is 9.91. The molecule has 0 aliphatic carbocycles. The van der Waals surface area contributed by atoms with E-state index in [9.17, 15) is 75.4 Å². The van der Waals surface area contributed by atoms with Gasteiger partial charge in [0, 0.05) is 0 Å². The summed E-state index contributed by atoms with van der Waals surface area (Å²) in [6, 6.07) is 0. The highest BCUT2D eigenvalue weighted by Gasteiger charge is 2.94. The van der Waals surface area contributed by atoms with Crippen LogP contribution < -0.4 is 5.32 Å². The molecule has 0 bridgehead atoms. The lowest BCUT2D eigenvalue weighted by Crippen LogP contribution is -2.74. The molecule has 0 aliphatic heterocycles. The standard InChI is InChI=1S/C19H22F15NO3/c1-2-3-4-5-6-7-8-9-38-11(36)10-35-12(37)13(20,21)14(22,23)15(24,25)16(26,27)17(28,29)18(30,31)19(32,33)34/h2-10H2,1H3,(H,35,37). The summed E-state index contributed by atoms with van der Waals surface area (Å²) in [6.45, 7) is -0.151. The maximum atomic E-state index is 13.7. The molecule has 0 aromatic heterocycles. The summed E-state index contributed by atoms with van der Waals surface area (Å²) in [7, 11) is 0. The zero-order chi connectivity index (χ0) is 30.4. The van der Waals surface area contributed by atoms with Crippen LogP contribution in [-0.4, -0.2) is 66.7 Å². The molecule has 0 aliphatic rings. The Balaban J connectivity index is 5.42. The number of hydrogen-bond acceptors (Lipinski definition) is 3. The van der Waals surface area contributed by atoms with E-state index >= 15 is 0 Å². The number of amides is 1. The van der Waals surface area contributed by atoms with E-state index in [0.29, 0.717) is 18.2 Å². The minimum atomic E-state index is -8.50. The molecular formula is C19H22F15NO3. The molecule has 0 aromatic carbocycles. The Morgan fingerprint density at radius 2 is 0.974 bits per heavy atom. The average molecular weight is 597 g/mol. The highest BCUT2D eigenvalue weighted by atomic mass is 19.4. The molecule has 0 heterocycles. The summed E-state index contributed by atoms with van der Waals surface area (Å²) in [5.41, 5.74) is 0. The van der Waals surface area contributed by atoms with Crippen molar-refractivity contribution in [2.45, 2.75) is 93.6 Å². The van der Waals surface area contributed by atoms with Crippen molar-refractivity contribution < 1.29 is 80.2 Å². The molecule has 0 radical (unpaired) electrons. The van der Waals surface area contributed by atoms with Crippen molar-refractivity contribution in [2.75, 3.05) is 13.2 Å². The lowest BCUT2D eigenvalue weighted by Gasteiger charge is -2.41. The number of nitrogens with one attached hydrogen (secondary N) is 1. The Hall–Kier alpha value is -2.11. The van der Waals surface area contributed by atoms with Gasteiger partial charge in [-0.15, -0.1) is 0 Å². The Bertz CT molecular complexity index is 797.